The minimum absolute atomic E-state index is 0.325. The molecule has 0 atom stereocenters. The maximum absolute atomic E-state index is 12.4. The van der Waals surface area contributed by atoms with Crippen molar-refractivity contribution in [3.05, 3.63) is 25.6 Å². The van der Waals surface area contributed by atoms with Gasteiger partial charge in [0.25, 0.3) is 10.1 Å². The second-order valence-corrected chi connectivity index (χ2v) is 10.3. The summed E-state index contributed by atoms with van der Waals surface area (Å²) in [6, 6.07) is 3.54. The molecule has 11 heteroatoms. The van der Waals surface area contributed by atoms with Crippen LogP contribution in [0.4, 0.5) is 0 Å². The van der Waals surface area contributed by atoms with Gasteiger partial charge in [-0.2, -0.15) is 8.42 Å². The molecule has 1 aliphatic rings. The van der Waals surface area contributed by atoms with Crippen LogP contribution in [0.1, 0.15) is 25.7 Å². The molecule has 0 unspecified atom stereocenters. The highest BCUT2D eigenvalue weighted by Crippen LogP contribution is 2.38. The van der Waals surface area contributed by atoms with Crippen LogP contribution >= 0.6 is 47.8 Å². The lowest BCUT2D eigenvalue weighted by Crippen LogP contribution is -2.30. The number of esters is 2. The first kappa shape index (κ1) is 22.8. The molecule has 1 aromatic rings. The number of ether oxygens (including phenoxy) is 2. The maximum Gasteiger partial charge on any atom is 0.314 e. The molecule has 0 spiro atoms. The molecule has 0 saturated heterocycles. The van der Waals surface area contributed by atoms with Gasteiger partial charge in [-0.1, -0.05) is 15.9 Å². The average Bonchev–Trinajstić information content (AvgIpc) is 2.56. The maximum atomic E-state index is 12.4. The molecule has 0 radical (unpaired) electrons. The molecule has 1 aromatic carbocycles. The molecule has 0 bridgehead atoms. The summed E-state index contributed by atoms with van der Waals surface area (Å²) in [7, 11) is -4.16. The summed E-state index contributed by atoms with van der Waals surface area (Å²) in [6.45, 7) is -0.384. The Morgan fingerprint density at radius 1 is 1.00 bits per heavy atom. The van der Waals surface area contributed by atoms with Crippen molar-refractivity contribution in [1.29, 1.82) is 0 Å². The van der Waals surface area contributed by atoms with Crippen LogP contribution in [0.15, 0.2) is 25.6 Å². The largest absolute Gasteiger partial charge is 0.464 e. The minimum atomic E-state index is -4.16. The van der Waals surface area contributed by atoms with Crippen molar-refractivity contribution in [3.63, 3.8) is 0 Å². The highest BCUT2D eigenvalue weighted by molar-refractivity contribution is 9.11. The van der Waals surface area contributed by atoms with Gasteiger partial charge in [0.15, 0.2) is 5.75 Å². The van der Waals surface area contributed by atoms with Gasteiger partial charge in [-0.3, -0.25) is 14.1 Å². The third kappa shape index (κ3) is 7.12. The Kier molecular flexibility index (Phi) is 8.29. The van der Waals surface area contributed by atoms with Crippen molar-refractivity contribution in [2.24, 2.45) is 11.8 Å². The Morgan fingerprint density at radius 3 is 1.96 bits per heavy atom. The smallest absolute Gasteiger partial charge is 0.314 e. The monoisotopic (exact) mass is 590 g/mol. The van der Waals surface area contributed by atoms with E-state index >= 15 is 0 Å². The van der Waals surface area contributed by atoms with Crippen LogP contribution in [-0.4, -0.2) is 37.3 Å². The van der Waals surface area contributed by atoms with Crippen molar-refractivity contribution in [2.45, 2.75) is 25.7 Å². The second-order valence-electron chi connectivity index (χ2n) is 6.12. The van der Waals surface area contributed by atoms with Crippen LogP contribution in [0.3, 0.4) is 0 Å². The summed E-state index contributed by atoms with van der Waals surface area (Å²) >= 11 is 10.1. The molecule has 1 N–H and O–H groups in total. The zero-order valence-corrected chi connectivity index (χ0v) is 19.6. The molecular formula is C16H17Br3O7S. The van der Waals surface area contributed by atoms with Gasteiger partial charge >= 0.3 is 11.9 Å². The lowest BCUT2D eigenvalue weighted by atomic mass is 9.82. The fraction of sp³-hybridized carbons (Fsp3) is 0.500. The third-order valence-electron chi connectivity index (χ3n) is 4.15. The molecule has 0 amide bonds. The van der Waals surface area contributed by atoms with E-state index in [1.807, 2.05) is 0 Å². The van der Waals surface area contributed by atoms with Crippen molar-refractivity contribution in [1.82, 2.24) is 0 Å². The number of hydrogen-bond acceptors (Lipinski definition) is 6. The fourth-order valence-corrected chi connectivity index (χ4v) is 5.46. The van der Waals surface area contributed by atoms with Gasteiger partial charge in [-0.15, -0.1) is 0 Å². The SMILES string of the molecule is O=C(OCCS(=O)(=O)O)C1CCC(C(=O)Oc2c(Br)cc(Br)cc2Br)CC1. The number of benzene rings is 1. The quantitative estimate of drug-likeness (QED) is 0.301. The number of hydrogen-bond donors (Lipinski definition) is 1. The Hall–Kier alpha value is -0.490. The topological polar surface area (TPSA) is 107 Å². The van der Waals surface area contributed by atoms with E-state index in [4.69, 9.17) is 14.0 Å². The predicted molar refractivity (Wildman–Crippen MR) is 108 cm³/mol. The zero-order chi connectivity index (χ0) is 20.2. The van der Waals surface area contributed by atoms with E-state index in [0.29, 0.717) is 40.4 Å². The van der Waals surface area contributed by atoms with Crippen LogP contribution in [0.2, 0.25) is 0 Å². The Bertz CT molecular complexity index is 794. The molecule has 1 fully saturated rings. The van der Waals surface area contributed by atoms with Crippen molar-refractivity contribution < 1.29 is 32.0 Å². The van der Waals surface area contributed by atoms with Crippen LogP contribution in [0, 0.1) is 11.8 Å². The van der Waals surface area contributed by atoms with Gasteiger partial charge in [-0.05, 0) is 69.7 Å². The van der Waals surface area contributed by atoms with Crippen molar-refractivity contribution in [2.75, 3.05) is 12.4 Å². The van der Waals surface area contributed by atoms with E-state index in [-0.39, 0.29) is 24.4 Å². The molecule has 1 saturated carbocycles. The van der Waals surface area contributed by atoms with Gasteiger partial charge in [0, 0.05) is 4.47 Å². The van der Waals surface area contributed by atoms with Gasteiger partial charge in [-0.25, -0.2) is 0 Å². The van der Waals surface area contributed by atoms with Crippen LogP contribution in [0.5, 0.6) is 5.75 Å². The van der Waals surface area contributed by atoms with Gasteiger partial charge in [0.1, 0.15) is 12.4 Å². The van der Waals surface area contributed by atoms with Crippen LogP contribution < -0.4 is 4.74 Å². The number of carbonyl (C=O) groups excluding carboxylic acids is 2. The minimum Gasteiger partial charge on any atom is -0.464 e. The summed E-state index contributed by atoms with van der Waals surface area (Å²) < 4.78 is 42.4. The standard InChI is InChI=1S/C16H17Br3O7S/c17-11-7-12(18)14(13(19)8-11)26-16(21)10-3-1-9(2-4-10)15(20)25-5-6-27(22,23)24/h7-10H,1-6H2,(H,22,23,24). The normalized spacial score (nSPS) is 20.1. The van der Waals surface area contributed by atoms with Crippen molar-refractivity contribution >= 4 is 69.8 Å². The molecule has 0 aliphatic heterocycles. The molecule has 2 rings (SSSR count). The Labute approximate surface area is 182 Å². The Balaban J connectivity index is 1.85. The van der Waals surface area contributed by atoms with E-state index in [1.54, 1.807) is 12.1 Å². The summed E-state index contributed by atoms with van der Waals surface area (Å²) in [5, 5.41) is 0. The zero-order valence-electron chi connectivity index (χ0n) is 14.0. The first-order valence-corrected chi connectivity index (χ1v) is 12.0. The van der Waals surface area contributed by atoms with Crippen molar-refractivity contribution in [3.8, 4) is 5.75 Å². The number of halogens is 3. The van der Waals surface area contributed by atoms with Crippen LogP contribution in [-0.2, 0) is 24.4 Å². The number of rotatable bonds is 6. The van der Waals surface area contributed by atoms with E-state index in [2.05, 4.69) is 47.8 Å². The summed E-state index contributed by atoms with van der Waals surface area (Å²) in [6.07, 6.45) is 1.85. The van der Waals surface area contributed by atoms with E-state index in [0.717, 1.165) is 4.47 Å². The highest BCUT2D eigenvalue weighted by Gasteiger charge is 2.32. The average molecular weight is 593 g/mol. The predicted octanol–water partition coefficient (Wildman–Crippen LogP) is 4.12. The van der Waals surface area contributed by atoms with E-state index in [9.17, 15) is 18.0 Å². The fourth-order valence-electron chi connectivity index (χ4n) is 2.74. The first-order chi connectivity index (χ1) is 12.6. The third-order valence-corrected chi connectivity index (χ3v) is 6.46. The summed E-state index contributed by atoms with van der Waals surface area (Å²) in [5.74, 6) is -1.82. The molecule has 150 valence electrons. The van der Waals surface area contributed by atoms with Gasteiger partial charge < -0.3 is 9.47 Å². The second kappa shape index (κ2) is 9.82. The Morgan fingerprint density at radius 2 is 1.48 bits per heavy atom. The summed E-state index contributed by atoms with van der Waals surface area (Å²) in [4.78, 5) is 24.4. The molecular weight excluding hydrogens is 576 g/mol. The molecule has 0 aromatic heterocycles. The lowest BCUT2D eigenvalue weighted by Gasteiger charge is -2.26. The lowest BCUT2D eigenvalue weighted by molar-refractivity contribution is -0.151. The highest BCUT2D eigenvalue weighted by atomic mass is 79.9. The first-order valence-electron chi connectivity index (χ1n) is 8.05. The molecule has 27 heavy (non-hydrogen) atoms. The van der Waals surface area contributed by atoms with Gasteiger partial charge in [0.05, 0.1) is 20.8 Å². The van der Waals surface area contributed by atoms with E-state index in [1.165, 1.54) is 0 Å². The van der Waals surface area contributed by atoms with Crippen LogP contribution in [0.25, 0.3) is 0 Å². The van der Waals surface area contributed by atoms with E-state index < -0.39 is 21.8 Å². The van der Waals surface area contributed by atoms with Gasteiger partial charge in [0.2, 0.25) is 0 Å². The molecule has 1 aliphatic carbocycles. The molecule has 0 heterocycles. The molecule has 7 nitrogen and oxygen atoms in total. The summed E-state index contributed by atoms with van der Waals surface area (Å²) in [5.41, 5.74) is 0. The number of carbonyl (C=O) groups is 2.